The molecule has 4 atom stereocenters. The number of nitrogens with zero attached hydrogens (tertiary/aromatic N) is 5. The number of fused-ring (bicyclic) bond motifs is 1. The summed E-state index contributed by atoms with van der Waals surface area (Å²) in [5, 5.41) is 28.6. The Morgan fingerprint density at radius 2 is 2.10 bits per heavy atom. The second kappa shape index (κ2) is 8.52. The van der Waals surface area contributed by atoms with Crippen LogP contribution in [0.4, 0.5) is 5.69 Å². The lowest BCUT2D eigenvalue weighted by atomic mass is 10.0. The summed E-state index contributed by atoms with van der Waals surface area (Å²) >= 11 is 0. The van der Waals surface area contributed by atoms with Gasteiger partial charge in [0.05, 0.1) is 6.10 Å². The van der Waals surface area contributed by atoms with Gasteiger partial charge in [-0.3, -0.25) is 9.78 Å². The second-order valence-corrected chi connectivity index (χ2v) is 8.26. The Bertz CT molecular complexity index is 1040. The van der Waals surface area contributed by atoms with Gasteiger partial charge < -0.3 is 15.7 Å². The van der Waals surface area contributed by atoms with Gasteiger partial charge in [0.2, 0.25) is 5.91 Å². The summed E-state index contributed by atoms with van der Waals surface area (Å²) in [7, 11) is 0. The van der Waals surface area contributed by atoms with Crippen LogP contribution in [-0.2, 0) is 17.6 Å². The fourth-order valence-corrected chi connectivity index (χ4v) is 4.53. The van der Waals surface area contributed by atoms with Crippen molar-refractivity contribution in [1.29, 1.82) is 0 Å². The van der Waals surface area contributed by atoms with Crippen LogP contribution in [0.15, 0.2) is 48.8 Å². The molecule has 1 saturated heterocycles. The molecule has 9 heteroatoms. The Kier molecular flexibility index (Phi) is 5.44. The fourth-order valence-electron chi connectivity index (χ4n) is 4.53. The van der Waals surface area contributed by atoms with Gasteiger partial charge in [-0.15, -0.1) is 5.10 Å². The molecule has 0 aliphatic carbocycles. The Labute approximate surface area is 179 Å². The maximum absolute atomic E-state index is 12.6. The van der Waals surface area contributed by atoms with Gasteiger partial charge in [0.1, 0.15) is 6.04 Å². The predicted octanol–water partition coefficient (Wildman–Crippen LogP) is 1.59. The van der Waals surface area contributed by atoms with E-state index in [1.165, 1.54) is 5.56 Å². The van der Waals surface area contributed by atoms with Crippen LogP contribution in [0, 0.1) is 0 Å². The van der Waals surface area contributed by atoms with E-state index < -0.39 is 6.10 Å². The third-order valence-corrected chi connectivity index (χ3v) is 6.19. The minimum absolute atomic E-state index is 0.0374. The molecule has 3 N–H and O–H groups in total. The Hall–Kier alpha value is -3.17. The van der Waals surface area contributed by atoms with Gasteiger partial charge in [-0.05, 0) is 59.9 Å². The van der Waals surface area contributed by atoms with E-state index in [1.54, 1.807) is 17.1 Å². The fraction of sp³-hybridized carbons (Fsp3) is 0.409. The molecule has 3 aromatic rings. The molecule has 0 bridgehead atoms. The van der Waals surface area contributed by atoms with E-state index >= 15 is 0 Å². The number of nitrogens with one attached hydrogen (secondary N) is 2. The van der Waals surface area contributed by atoms with E-state index in [0.717, 1.165) is 42.8 Å². The van der Waals surface area contributed by atoms with Crippen LogP contribution in [0.5, 0.6) is 0 Å². The minimum Gasteiger partial charge on any atom is -0.387 e. The summed E-state index contributed by atoms with van der Waals surface area (Å²) in [5.41, 5.74) is 2.80. The maximum Gasteiger partial charge on any atom is 0.249 e. The monoisotopic (exact) mass is 419 g/mol. The molecule has 160 valence electrons. The molecule has 0 saturated carbocycles. The first kappa shape index (κ1) is 19.8. The quantitative estimate of drug-likeness (QED) is 0.555. The zero-order valence-electron chi connectivity index (χ0n) is 17.1. The summed E-state index contributed by atoms with van der Waals surface area (Å²) in [5.74, 6) is 0.662. The lowest BCUT2D eigenvalue weighted by molar-refractivity contribution is -0.119. The molecule has 2 aromatic heterocycles. The zero-order valence-corrected chi connectivity index (χ0v) is 17.1. The first-order chi connectivity index (χ1) is 15.2. The number of aryl methyl sites for hydroxylation is 1. The average molecular weight is 419 g/mol. The molecule has 2 aliphatic rings. The number of hydrogen-bond acceptors (Lipinski definition) is 7. The van der Waals surface area contributed by atoms with E-state index in [4.69, 9.17) is 0 Å². The Balaban J connectivity index is 1.15. The number of aromatic nitrogens is 5. The topological polar surface area (TPSA) is 118 Å². The molecule has 5 rings (SSSR count). The van der Waals surface area contributed by atoms with Gasteiger partial charge in [-0.2, -0.15) is 0 Å². The van der Waals surface area contributed by atoms with Crippen LogP contribution in [0.2, 0.25) is 0 Å². The van der Waals surface area contributed by atoms with Crippen LogP contribution in [0.25, 0.3) is 0 Å². The molecule has 4 heterocycles. The highest BCUT2D eigenvalue weighted by molar-refractivity contribution is 5.93. The molecule has 0 radical (unpaired) electrons. The van der Waals surface area contributed by atoms with Crippen molar-refractivity contribution >= 4 is 11.6 Å². The van der Waals surface area contributed by atoms with Crippen LogP contribution in [-0.4, -0.2) is 48.3 Å². The third-order valence-electron chi connectivity index (χ3n) is 6.19. The number of aliphatic hydroxyl groups is 1. The SMILES string of the molecule is O=C(Nc1ccc(C[C@@H]2CC[C@H]([C@H](O)c3cccnc3)N2)cc1)C1CCc2nnnn21. The summed E-state index contributed by atoms with van der Waals surface area (Å²) in [4.78, 5) is 16.7. The number of carbonyl (C=O) groups excluding carboxylic acids is 1. The van der Waals surface area contributed by atoms with Crippen molar-refractivity contribution in [2.45, 2.75) is 56.3 Å². The summed E-state index contributed by atoms with van der Waals surface area (Å²) < 4.78 is 1.60. The van der Waals surface area contributed by atoms with Gasteiger partial charge in [0, 0.05) is 42.1 Å². The summed E-state index contributed by atoms with van der Waals surface area (Å²) in [6.45, 7) is 0. The number of rotatable bonds is 6. The molecular formula is C22H25N7O2. The van der Waals surface area contributed by atoms with Crippen LogP contribution in [0.1, 0.15) is 48.4 Å². The highest BCUT2D eigenvalue weighted by atomic mass is 16.3. The van der Waals surface area contributed by atoms with Gasteiger partial charge >= 0.3 is 0 Å². The summed E-state index contributed by atoms with van der Waals surface area (Å²) in [6, 6.07) is 11.7. The Morgan fingerprint density at radius 3 is 2.90 bits per heavy atom. The normalized spacial score (nSPS) is 23.5. The molecule has 31 heavy (non-hydrogen) atoms. The van der Waals surface area contributed by atoms with Crippen molar-refractivity contribution < 1.29 is 9.90 Å². The van der Waals surface area contributed by atoms with Gasteiger partial charge in [-0.1, -0.05) is 18.2 Å². The molecule has 1 aromatic carbocycles. The molecular weight excluding hydrogens is 394 g/mol. The van der Waals surface area contributed by atoms with Crippen molar-refractivity contribution in [3.05, 3.63) is 65.7 Å². The van der Waals surface area contributed by atoms with E-state index in [9.17, 15) is 9.90 Å². The highest BCUT2D eigenvalue weighted by Crippen LogP contribution is 2.27. The van der Waals surface area contributed by atoms with Crippen LogP contribution >= 0.6 is 0 Å². The van der Waals surface area contributed by atoms with E-state index in [1.807, 2.05) is 36.4 Å². The smallest absolute Gasteiger partial charge is 0.249 e. The highest BCUT2D eigenvalue weighted by Gasteiger charge is 2.31. The number of pyridine rings is 1. The van der Waals surface area contributed by atoms with Crippen molar-refractivity contribution in [3.8, 4) is 0 Å². The first-order valence-electron chi connectivity index (χ1n) is 10.7. The Morgan fingerprint density at radius 1 is 1.23 bits per heavy atom. The lowest BCUT2D eigenvalue weighted by Crippen LogP contribution is -2.35. The van der Waals surface area contributed by atoms with Gasteiger partial charge in [-0.25, -0.2) is 4.68 Å². The van der Waals surface area contributed by atoms with Crippen molar-refractivity contribution in [3.63, 3.8) is 0 Å². The molecule has 1 unspecified atom stereocenters. The van der Waals surface area contributed by atoms with Crippen molar-refractivity contribution in [1.82, 2.24) is 30.5 Å². The number of tetrazole rings is 1. The average Bonchev–Trinajstić information content (AvgIpc) is 3.52. The largest absolute Gasteiger partial charge is 0.387 e. The summed E-state index contributed by atoms with van der Waals surface area (Å²) in [6.07, 6.45) is 7.11. The lowest BCUT2D eigenvalue weighted by Gasteiger charge is -2.20. The number of benzene rings is 1. The second-order valence-electron chi connectivity index (χ2n) is 8.26. The van der Waals surface area contributed by atoms with Gasteiger partial charge in [0.15, 0.2) is 5.82 Å². The van der Waals surface area contributed by atoms with Crippen molar-refractivity contribution in [2.75, 3.05) is 5.32 Å². The molecule has 1 amide bonds. The van der Waals surface area contributed by atoms with E-state index in [2.05, 4.69) is 31.1 Å². The number of anilines is 1. The molecule has 9 nitrogen and oxygen atoms in total. The number of aliphatic hydroxyl groups excluding tert-OH is 1. The number of amides is 1. The third kappa shape index (κ3) is 4.19. The van der Waals surface area contributed by atoms with Gasteiger partial charge in [0.25, 0.3) is 0 Å². The standard InChI is InChI=1S/C22H25N7O2/c30-21(15-2-1-11-23-13-15)18-8-7-17(24-18)12-14-3-5-16(6-4-14)25-22(31)19-9-10-20-26-27-28-29(19)20/h1-6,11,13,17-19,21,24,30H,7-10,12H2,(H,25,31)/t17-,18+,19?,21+/m0/s1. The molecule has 0 spiro atoms. The molecule has 2 aliphatic heterocycles. The van der Waals surface area contributed by atoms with Crippen LogP contribution < -0.4 is 10.6 Å². The predicted molar refractivity (Wildman–Crippen MR) is 113 cm³/mol. The van der Waals surface area contributed by atoms with Crippen molar-refractivity contribution in [2.24, 2.45) is 0 Å². The first-order valence-corrected chi connectivity index (χ1v) is 10.7. The van der Waals surface area contributed by atoms with E-state index in [-0.39, 0.29) is 18.0 Å². The number of carbonyl (C=O) groups is 1. The van der Waals surface area contributed by atoms with E-state index in [0.29, 0.717) is 12.5 Å². The van der Waals surface area contributed by atoms with Crippen LogP contribution in [0.3, 0.4) is 0 Å². The maximum atomic E-state index is 12.6. The minimum atomic E-state index is -0.549. The zero-order chi connectivity index (χ0) is 21.2. The molecule has 1 fully saturated rings. The number of hydrogen-bond donors (Lipinski definition) is 3.